The summed E-state index contributed by atoms with van der Waals surface area (Å²) in [6.07, 6.45) is 1.65. The van der Waals surface area contributed by atoms with Gasteiger partial charge in [-0.2, -0.15) is 0 Å². The van der Waals surface area contributed by atoms with Gasteiger partial charge in [0.1, 0.15) is 0 Å². The summed E-state index contributed by atoms with van der Waals surface area (Å²) < 4.78 is 28.1. The van der Waals surface area contributed by atoms with Crippen LogP contribution in [0.15, 0.2) is 23.1 Å². The second kappa shape index (κ2) is 5.92. The number of benzene rings is 1. The molecule has 1 aromatic rings. The number of carbonyl (C=O) groups is 1. The lowest BCUT2D eigenvalue weighted by Crippen LogP contribution is -2.51. The van der Waals surface area contributed by atoms with Gasteiger partial charge in [0.2, 0.25) is 10.0 Å². The Hall–Kier alpha value is -1.15. The van der Waals surface area contributed by atoms with E-state index < -0.39 is 21.5 Å². The van der Waals surface area contributed by atoms with E-state index in [1.54, 1.807) is 0 Å². The van der Waals surface area contributed by atoms with Crippen molar-refractivity contribution in [1.29, 1.82) is 0 Å². The topological polar surface area (TPSA) is 98.5 Å². The molecule has 8 heteroatoms. The second-order valence-corrected chi connectivity index (χ2v) is 7.39. The quantitative estimate of drug-likeness (QED) is 0.871. The van der Waals surface area contributed by atoms with Crippen LogP contribution in [0.2, 0.25) is 5.02 Å². The minimum Gasteiger partial charge on any atom is -0.379 e. The molecule has 1 amide bonds. The summed E-state index contributed by atoms with van der Waals surface area (Å²) >= 11 is 5.85. The van der Waals surface area contributed by atoms with Crippen LogP contribution in [0.1, 0.15) is 30.1 Å². The molecule has 0 saturated carbocycles. The van der Waals surface area contributed by atoms with Crippen molar-refractivity contribution in [1.82, 2.24) is 5.32 Å². The first kappa shape index (κ1) is 16.2. The Morgan fingerprint density at radius 3 is 2.71 bits per heavy atom. The molecule has 0 spiro atoms. The monoisotopic (exact) mass is 332 g/mol. The van der Waals surface area contributed by atoms with E-state index in [0.29, 0.717) is 13.2 Å². The first-order valence-corrected chi connectivity index (χ1v) is 8.36. The number of ether oxygens (including phenoxy) is 1. The molecule has 1 fully saturated rings. The van der Waals surface area contributed by atoms with Gasteiger partial charge in [-0.05, 0) is 38.0 Å². The van der Waals surface area contributed by atoms with Gasteiger partial charge in [0.15, 0.2) is 0 Å². The zero-order valence-electron chi connectivity index (χ0n) is 11.6. The predicted molar refractivity (Wildman–Crippen MR) is 78.7 cm³/mol. The van der Waals surface area contributed by atoms with Crippen LogP contribution in [0, 0.1) is 0 Å². The minimum absolute atomic E-state index is 0.136. The van der Waals surface area contributed by atoms with Crippen molar-refractivity contribution >= 4 is 27.5 Å². The van der Waals surface area contributed by atoms with E-state index in [4.69, 9.17) is 21.5 Å². The summed E-state index contributed by atoms with van der Waals surface area (Å²) in [6.45, 7) is 2.98. The number of nitrogens with one attached hydrogen (secondary N) is 1. The normalized spacial score (nSPS) is 22.8. The molecule has 2 rings (SSSR count). The smallest absolute Gasteiger partial charge is 0.251 e. The molecule has 6 nitrogen and oxygen atoms in total. The Balaban J connectivity index is 2.25. The van der Waals surface area contributed by atoms with Crippen LogP contribution >= 0.6 is 11.6 Å². The van der Waals surface area contributed by atoms with E-state index in [1.807, 2.05) is 6.92 Å². The van der Waals surface area contributed by atoms with Crippen molar-refractivity contribution in [3.63, 3.8) is 0 Å². The molecule has 3 N–H and O–H groups in total. The molecule has 1 aromatic carbocycles. The number of amides is 1. The fourth-order valence-corrected chi connectivity index (χ4v) is 3.12. The standard InChI is InChI=1S/C13H17ClN2O4S/c1-13(3-2-4-20-8-13)16-12(17)9-5-10(14)7-11(6-9)21(15,18)19/h5-7H,2-4,8H2,1H3,(H,16,17)(H2,15,18,19). The second-order valence-electron chi connectivity index (χ2n) is 5.39. The number of carbonyl (C=O) groups excluding carboxylic acids is 1. The summed E-state index contributed by atoms with van der Waals surface area (Å²) in [5.41, 5.74) is -0.322. The van der Waals surface area contributed by atoms with Crippen molar-refractivity contribution < 1.29 is 17.9 Å². The maximum atomic E-state index is 12.3. The highest BCUT2D eigenvalue weighted by atomic mass is 35.5. The number of halogens is 1. The van der Waals surface area contributed by atoms with Gasteiger partial charge in [0.05, 0.1) is 17.0 Å². The van der Waals surface area contributed by atoms with Crippen LogP contribution in [0.25, 0.3) is 0 Å². The minimum atomic E-state index is -3.92. The Morgan fingerprint density at radius 2 is 2.14 bits per heavy atom. The first-order valence-electron chi connectivity index (χ1n) is 6.43. The summed E-state index contributed by atoms with van der Waals surface area (Å²) in [5, 5.41) is 8.06. The third kappa shape index (κ3) is 4.16. The zero-order chi connectivity index (χ0) is 15.7. The van der Waals surface area contributed by atoms with Crippen LogP contribution in [0.5, 0.6) is 0 Å². The van der Waals surface area contributed by atoms with Crippen molar-refractivity contribution in [2.45, 2.75) is 30.2 Å². The maximum absolute atomic E-state index is 12.3. The average Bonchev–Trinajstić information content (AvgIpc) is 2.37. The Labute approximate surface area is 128 Å². The van der Waals surface area contributed by atoms with E-state index in [-0.39, 0.29) is 15.5 Å². The van der Waals surface area contributed by atoms with Gasteiger partial charge in [-0.3, -0.25) is 4.79 Å². The summed E-state index contributed by atoms with van der Waals surface area (Å²) in [5.74, 6) is -0.407. The highest BCUT2D eigenvalue weighted by Gasteiger charge is 2.30. The molecule has 1 saturated heterocycles. The molecule has 21 heavy (non-hydrogen) atoms. The maximum Gasteiger partial charge on any atom is 0.251 e. The van der Waals surface area contributed by atoms with Crippen LogP contribution in [0.3, 0.4) is 0 Å². The number of rotatable bonds is 3. The molecule has 1 aliphatic rings. The lowest BCUT2D eigenvalue weighted by Gasteiger charge is -2.34. The Kier molecular flexibility index (Phi) is 4.57. The third-order valence-electron chi connectivity index (χ3n) is 3.32. The third-order valence-corrected chi connectivity index (χ3v) is 4.43. The van der Waals surface area contributed by atoms with E-state index in [1.165, 1.54) is 18.2 Å². The summed E-state index contributed by atoms with van der Waals surface area (Å²) in [4.78, 5) is 12.1. The number of sulfonamides is 1. The van der Waals surface area contributed by atoms with Gasteiger partial charge in [0, 0.05) is 17.2 Å². The molecular formula is C13H17ClN2O4S. The predicted octanol–water partition coefficient (Wildman–Crippen LogP) is 1.29. The molecule has 1 unspecified atom stereocenters. The molecule has 0 aromatic heterocycles. The highest BCUT2D eigenvalue weighted by Crippen LogP contribution is 2.21. The Morgan fingerprint density at radius 1 is 1.43 bits per heavy atom. The van der Waals surface area contributed by atoms with Crippen LogP contribution in [0.4, 0.5) is 0 Å². The fraction of sp³-hybridized carbons (Fsp3) is 0.462. The van der Waals surface area contributed by atoms with Crippen LogP contribution in [-0.2, 0) is 14.8 Å². The molecule has 0 aliphatic carbocycles. The van der Waals surface area contributed by atoms with Gasteiger partial charge >= 0.3 is 0 Å². The molecule has 1 atom stereocenters. The number of hydrogen-bond acceptors (Lipinski definition) is 4. The first-order chi connectivity index (χ1) is 9.70. The molecule has 1 aliphatic heterocycles. The molecular weight excluding hydrogens is 316 g/mol. The summed E-state index contributed by atoms with van der Waals surface area (Å²) in [7, 11) is -3.92. The van der Waals surface area contributed by atoms with Crippen molar-refractivity contribution in [2.24, 2.45) is 5.14 Å². The largest absolute Gasteiger partial charge is 0.379 e. The molecule has 1 heterocycles. The van der Waals surface area contributed by atoms with Gasteiger partial charge in [-0.25, -0.2) is 13.6 Å². The SMILES string of the molecule is CC1(NC(=O)c2cc(Cl)cc(S(N)(=O)=O)c2)CCCOC1. The number of nitrogens with two attached hydrogens (primary N) is 1. The van der Waals surface area contributed by atoms with Crippen molar-refractivity contribution in [3.05, 3.63) is 28.8 Å². The lowest BCUT2D eigenvalue weighted by atomic mass is 9.94. The van der Waals surface area contributed by atoms with Crippen molar-refractivity contribution in [2.75, 3.05) is 13.2 Å². The lowest BCUT2D eigenvalue weighted by molar-refractivity contribution is 0.0272. The van der Waals surface area contributed by atoms with Crippen LogP contribution < -0.4 is 10.5 Å². The van der Waals surface area contributed by atoms with Gasteiger partial charge < -0.3 is 10.1 Å². The van der Waals surface area contributed by atoms with E-state index >= 15 is 0 Å². The number of hydrogen-bond donors (Lipinski definition) is 2. The van der Waals surface area contributed by atoms with Gasteiger partial charge in [0.25, 0.3) is 5.91 Å². The van der Waals surface area contributed by atoms with Crippen molar-refractivity contribution in [3.8, 4) is 0 Å². The molecule has 0 bridgehead atoms. The molecule has 0 radical (unpaired) electrons. The fourth-order valence-electron chi connectivity index (χ4n) is 2.24. The zero-order valence-corrected chi connectivity index (χ0v) is 13.1. The van der Waals surface area contributed by atoms with Crippen LogP contribution in [-0.4, -0.2) is 33.1 Å². The highest BCUT2D eigenvalue weighted by molar-refractivity contribution is 7.89. The Bertz CT molecular complexity index is 654. The van der Waals surface area contributed by atoms with E-state index in [2.05, 4.69) is 5.32 Å². The van der Waals surface area contributed by atoms with E-state index in [9.17, 15) is 13.2 Å². The molecule has 116 valence electrons. The number of primary sulfonamides is 1. The average molecular weight is 333 g/mol. The summed E-state index contributed by atoms with van der Waals surface area (Å²) in [6, 6.07) is 3.82. The van der Waals surface area contributed by atoms with E-state index in [0.717, 1.165) is 12.8 Å². The van der Waals surface area contributed by atoms with Gasteiger partial charge in [-0.15, -0.1) is 0 Å². The van der Waals surface area contributed by atoms with Gasteiger partial charge in [-0.1, -0.05) is 11.6 Å².